The van der Waals surface area contributed by atoms with Crippen molar-refractivity contribution in [1.29, 1.82) is 0 Å². The zero-order chi connectivity index (χ0) is 20.4. The first-order valence-corrected chi connectivity index (χ1v) is 9.58. The van der Waals surface area contributed by atoms with Gasteiger partial charge in [0, 0.05) is 29.8 Å². The van der Waals surface area contributed by atoms with E-state index in [1.165, 1.54) is 0 Å². The Morgan fingerprint density at radius 1 is 1.28 bits per heavy atom. The van der Waals surface area contributed by atoms with E-state index in [0.29, 0.717) is 24.5 Å². The molecule has 1 amide bonds. The third kappa shape index (κ3) is 3.69. The molecule has 8 heteroatoms. The molecule has 0 aliphatic rings. The first kappa shape index (κ1) is 18.7. The van der Waals surface area contributed by atoms with Crippen LogP contribution < -0.4 is 11.1 Å². The van der Waals surface area contributed by atoms with Crippen LogP contribution in [0.2, 0.25) is 0 Å². The third-order valence-corrected chi connectivity index (χ3v) is 4.73. The minimum absolute atomic E-state index is 0.0883. The molecule has 0 unspecified atom stereocenters. The summed E-state index contributed by atoms with van der Waals surface area (Å²) >= 11 is 0. The molecule has 29 heavy (non-hydrogen) atoms. The Balaban J connectivity index is 1.61. The van der Waals surface area contributed by atoms with Gasteiger partial charge in [0.15, 0.2) is 17.3 Å². The van der Waals surface area contributed by atoms with Crippen molar-refractivity contribution in [2.45, 2.75) is 33.2 Å². The number of benzene rings is 1. The number of fused-ring (bicyclic) bond motifs is 1. The number of aryl methyl sites for hydroxylation is 2. The number of aromatic amines is 1. The topological polar surface area (TPSA) is 115 Å². The molecule has 3 aromatic heterocycles. The number of nitrogens with one attached hydrogen (secondary N) is 2. The summed E-state index contributed by atoms with van der Waals surface area (Å²) in [5.41, 5.74) is 9.98. The lowest BCUT2D eigenvalue weighted by Gasteiger charge is -2.12. The van der Waals surface area contributed by atoms with Crippen molar-refractivity contribution in [3.63, 3.8) is 0 Å². The zero-order valence-electron chi connectivity index (χ0n) is 16.4. The van der Waals surface area contributed by atoms with Gasteiger partial charge in [0.25, 0.3) is 5.91 Å². The highest BCUT2D eigenvalue weighted by atomic mass is 16.1. The monoisotopic (exact) mass is 389 g/mol. The van der Waals surface area contributed by atoms with Crippen LogP contribution in [0.5, 0.6) is 0 Å². The minimum atomic E-state index is -0.344. The van der Waals surface area contributed by atoms with E-state index in [1.807, 2.05) is 50.5 Å². The summed E-state index contributed by atoms with van der Waals surface area (Å²) < 4.78 is 1.65. The number of nitrogen functional groups attached to an aromatic ring is 1. The summed E-state index contributed by atoms with van der Waals surface area (Å²) in [5.74, 6) is 0.305. The predicted octanol–water partition coefficient (Wildman–Crippen LogP) is 2.92. The van der Waals surface area contributed by atoms with E-state index in [-0.39, 0.29) is 17.4 Å². The van der Waals surface area contributed by atoms with E-state index in [2.05, 4.69) is 25.4 Å². The molecule has 0 aliphatic carbocycles. The number of aromatic nitrogens is 5. The fourth-order valence-electron chi connectivity index (χ4n) is 3.32. The van der Waals surface area contributed by atoms with Crippen molar-refractivity contribution in [3.8, 4) is 5.82 Å². The molecule has 0 radical (unpaired) electrons. The molecule has 4 aromatic rings. The molecule has 0 fully saturated rings. The number of rotatable bonds is 6. The molecule has 0 atom stereocenters. The van der Waals surface area contributed by atoms with Crippen molar-refractivity contribution in [2.75, 3.05) is 5.73 Å². The molecule has 4 rings (SSSR count). The Morgan fingerprint density at radius 3 is 2.90 bits per heavy atom. The Kier molecular flexibility index (Phi) is 4.99. The summed E-state index contributed by atoms with van der Waals surface area (Å²) in [5, 5.41) is 8.28. The average molecular weight is 389 g/mol. The summed E-state index contributed by atoms with van der Waals surface area (Å²) in [6.07, 6.45) is 7.02. The molecule has 3 heterocycles. The van der Waals surface area contributed by atoms with Crippen LogP contribution in [0.1, 0.15) is 40.7 Å². The van der Waals surface area contributed by atoms with Crippen LogP contribution in [0, 0.1) is 6.92 Å². The number of carbonyl (C=O) groups excluding carboxylic acids is 1. The van der Waals surface area contributed by atoms with Crippen LogP contribution in [0.3, 0.4) is 0 Å². The van der Waals surface area contributed by atoms with Crippen molar-refractivity contribution in [1.82, 2.24) is 30.0 Å². The van der Waals surface area contributed by atoms with Crippen LogP contribution in [0.15, 0.2) is 42.9 Å². The average Bonchev–Trinajstić information content (AvgIpc) is 3.36. The predicted molar refractivity (Wildman–Crippen MR) is 112 cm³/mol. The van der Waals surface area contributed by atoms with E-state index >= 15 is 0 Å². The quantitative estimate of drug-likeness (QED) is 0.469. The van der Waals surface area contributed by atoms with Gasteiger partial charge in [-0.3, -0.25) is 4.79 Å². The first-order chi connectivity index (χ1) is 14.1. The van der Waals surface area contributed by atoms with Crippen LogP contribution >= 0.6 is 0 Å². The fraction of sp³-hybridized carbons (Fsp3) is 0.238. The summed E-state index contributed by atoms with van der Waals surface area (Å²) in [7, 11) is 0. The molecule has 4 N–H and O–H groups in total. The summed E-state index contributed by atoms with van der Waals surface area (Å²) in [6, 6.07) is 7.92. The van der Waals surface area contributed by atoms with Crippen molar-refractivity contribution in [3.05, 3.63) is 65.4 Å². The highest BCUT2D eigenvalue weighted by Crippen LogP contribution is 2.19. The van der Waals surface area contributed by atoms with Crippen LogP contribution in [-0.4, -0.2) is 30.6 Å². The van der Waals surface area contributed by atoms with Gasteiger partial charge in [-0.25, -0.2) is 14.6 Å². The maximum Gasteiger partial charge on any atom is 0.274 e. The van der Waals surface area contributed by atoms with Crippen LogP contribution in [0.25, 0.3) is 16.7 Å². The van der Waals surface area contributed by atoms with E-state index in [9.17, 15) is 4.79 Å². The van der Waals surface area contributed by atoms with Gasteiger partial charge in [0.05, 0.1) is 11.9 Å². The summed E-state index contributed by atoms with van der Waals surface area (Å²) in [6.45, 7) is 4.37. The SMILES string of the molecule is CCCc1nc(C(=O)NCc2cccc3[nH]ccc23)c(N)nc1-n1cc(C)cn1. The molecule has 148 valence electrons. The van der Waals surface area contributed by atoms with E-state index < -0.39 is 0 Å². The zero-order valence-corrected chi connectivity index (χ0v) is 16.4. The van der Waals surface area contributed by atoms with Gasteiger partial charge in [-0.15, -0.1) is 0 Å². The Bertz CT molecular complexity index is 1170. The molecule has 0 saturated carbocycles. The second-order valence-electron chi connectivity index (χ2n) is 6.98. The number of hydrogen-bond acceptors (Lipinski definition) is 5. The molecule has 0 saturated heterocycles. The van der Waals surface area contributed by atoms with E-state index in [4.69, 9.17) is 5.73 Å². The van der Waals surface area contributed by atoms with Crippen molar-refractivity contribution >= 4 is 22.6 Å². The van der Waals surface area contributed by atoms with Crippen molar-refractivity contribution < 1.29 is 4.79 Å². The molecule has 0 bridgehead atoms. The highest BCUT2D eigenvalue weighted by Gasteiger charge is 2.19. The van der Waals surface area contributed by atoms with Gasteiger partial charge >= 0.3 is 0 Å². The van der Waals surface area contributed by atoms with Gasteiger partial charge in [-0.1, -0.05) is 25.5 Å². The van der Waals surface area contributed by atoms with Gasteiger partial charge in [-0.05, 0) is 36.6 Å². The molecular formula is C21H23N7O. The number of nitrogens with zero attached hydrogens (tertiary/aromatic N) is 4. The minimum Gasteiger partial charge on any atom is -0.382 e. The third-order valence-electron chi connectivity index (χ3n) is 4.73. The lowest BCUT2D eigenvalue weighted by atomic mass is 10.1. The number of amides is 1. The smallest absolute Gasteiger partial charge is 0.274 e. The number of hydrogen-bond donors (Lipinski definition) is 3. The van der Waals surface area contributed by atoms with Crippen molar-refractivity contribution in [2.24, 2.45) is 0 Å². The molecular weight excluding hydrogens is 366 g/mol. The van der Waals surface area contributed by atoms with Gasteiger partial charge in [0.1, 0.15) is 0 Å². The van der Waals surface area contributed by atoms with Gasteiger partial charge in [0.2, 0.25) is 0 Å². The van der Waals surface area contributed by atoms with Gasteiger partial charge in [-0.2, -0.15) is 5.10 Å². The number of nitrogens with two attached hydrogens (primary N) is 1. The Labute approximate surface area is 168 Å². The van der Waals surface area contributed by atoms with Crippen LogP contribution in [0.4, 0.5) is 5.82 Å². The Hall–Kier alpha value is -3.68. The Morgan fingerprint density at radius 2 is 2.14 bits per heavy atom. The largest absolute Gasteiger partial charge is 0.382 e. The molecule has 0 spiro atoms. The number of H-pyrrole nitrogens is 1. The number of carbonyl (C=O) groups is 1. The maximum atomic E-state index is 12.8. The molecule has 0 aliphatic heterocycles. The van der Waals surface area contributed by atoms with E-state index in [0.717, 1.165) is 28.5 Å². The van der Waals surface area contributed by atoms with Gasteiger partial charge < -0.3 is 16.0 Å². The second-order valence-corrected chi connectivity index (χ2v) is 6.98. The highest BCUT2D eigenvalue weighted by molar-refractivity contribution is 5.96. The molecule has 8 nitrogen and oxygen atoms in total. The van der Waals surface area contributed by atoms with Crippen LogP contribution in [-0.2, 0) is 13.0 Å². The maximum absolute atomic E-state index is 12.8. The molecule has 1 aromatic carbocycles. The van der Waals surface area contributed by atoms with E-state index in [1.54, 1.807) is 10.9 Å². The lowest BCUT2D eigenvalue weighted by molar-refractivity contribution is 0.0946. The number of anilines is 1. The second kappa shape index (κ2) is 7.75. The fourth-order valence-corrected chi connectivity index (χ4v) is 3.32. The summed E-state index contributed by atoms with van der Waals surface area (Å²) in [4.78, 5) is 25.0. The standard InChI is InChI=1S/C21H23N7O/c1-3-5-17-20(28-12-13(2)10-25-28)27-19(22)18(26-17)21(29)24-11-14-6-4-7-16-15(14)8-9-23-16/h4,6-10,12,23H,3,5,11H2,1-2H3,(H2,22,27)(H,24,29). The lowest BCUT2D eigenvalue weighted by Crippen LogP contribution is -2.26. The normalized spacial score (nSPS) is 11.1. The first-order valence-electron chi connectivity index (χ1n) is 9.58.